The Morgan fingerprint density at radius 3 is 2.53 bits per heavy atom. The van der Waals surface area contributed by atoms with Gasteiger partial charge in [-0.05, 0) is 25.1 Å². The molecule has 1 N–H and O–H groups in total. The molecule has 14 heteroatoms. The number of hydrogen-bond acceptors (Lipinski definition) is 10. The molecule has 43 heavy (non-hydrogen) atoms. The Bertz CT molecular complexity index is 1910. The Kier molecular flexibility index (Phi) is 7.37. The summed E-state index contributed by atoms with van der Waals surface area (Å²) in [5.74, 6) is 0. The molecule has 7 rings (SSSR count). The molecular weight excluding hydrogens is 612 g/mol. The molecule has 0 amide bonds. The highest BCUT2D eigenvalue weighted by atomic mass is 35.5. The molecule has 2 aliphatic rings. The highest BCUT2D eigenvalue weighted by Gasteiger charge is 2.41. The van der Waals surface area contributed by atoms with E-state index in [9.17, 15) is 13.5 Å². The molecule has 6 heterocycles. The van der Waals surface area contributed by atoms with Crippen molar-refractivity contribution in [2.45, 2.75) is 24.0 Å². The number of fused-ring (bicyclic) bond motifs is 1. The van der Waals surface area contributed by atoms with Gasteiger partial charge in [0.1, 0.15) is 5.01 Å². The molecule has 0 bridgehead atoms. The Labute approximate surface area is 257 Å². The van der Waals surface area contributed by atoms with Gasteiger partial charge >= 0.3 is 0 Å². The summed E-state index contributed by atoms with van der Waals surface area (Å²) in [6.07, 6.45) is 6.63. The molecule has 4 aromatic heterocycles. The van der Waals surface area contributed by atoms with Gasteiger partial charge in [0.05, 0.1) is 59.7 Å². The van der Waals surface area contributed by atoms with Crippen molar-refractivity contribution in [2.75, 3.05) is 46.1 Å². The zero-order chi connectivity index (χ0) is 29.8. The number of aliphatic hydroxyl groups is 1. The third kappa shape index (κ3) is 5.18. The minimum absolute atomic E-state index is 0.141. The predicted molar refractivity (Wildman–Crippen MR) is 163 cm³/mol. The van der Waals surface area contributed by atoms with Gasteiger partial charge in [-0.15, -0.1) is 11.3 Å². The van der Waals surface area contributed by atoms with Gasteiger partial charge in [0, 0.05) is 54.7 Å². The molecule has 11 nitrogen and oxygen atoms in total. The first-order valence-electron chi connectivity index (χ1n) is 13.8. The predicted octanol–water partition coefficient (Wildman–Crippen LogP) is 3.77. The van der Waals surface area contributed by atoms with E-state index in [0.29, 0.717) is 56.9 Å². The Morgan fingerprint density at radius 2 is 1.81 bits per heavy atom. The van der Waals surface area contributed by atoms with Crippen molar-refractivity contribution in [1.82, 2.24) is 28.6 Å². The van der Waals surface area contributed by atoms with Gasteiger partial charge in [-0.2, -0.15) is 5.10 Å². The number of nitrogens with zero attached hydrogens (tertiary/aromatic N) is 6. The van der Waals surface area contributed by atoms with E-state index < -0.39 is 15.6 Å². The lowest BCUT2D eigenvalue weighted by Crippen LogP contribution is -2.46. The van der Waals surface area contributed by atoms with E-state index in [0.717, 1.165) is 25.2 Å². The van der Waals surface area contributed by atoms with Crippen molar-refractivity contribution >= 4 is 44.0 Å². The van der Waals surface area contributed by atoms with E-state index in [2.05, 4.69) is 20.0 Å². The minimum atomic E-state index is -4.08. The number of aryl methyl sites for hydroxylation is 1. The van der Waals surface area contributed by atoms with Crippen molar-refractivity contribution in [3.05, 3.63) is 70.7 Å². The number of halogens is 1. The molecule has 0 spiro atoms. The largest absolute Gasteiger partial charge is 0.379 e. The molecule has 5 aromatic rings. The molecule has 224 valence electrons. The Morgan fingerprint density at radius 1 is 1.05 bits per heavy atom. The van der Waals surface area contributed by atoms with E-state index in [1.807, 2.05) is 17.8 Å². The number of ether oxygens (including phenoxy) is 2. The molecule has 0 saturated carbocycles. The summed E-state index contributed by atoms with van der Waals surface area (Å²) in [6.45, 7) is 6.88. The monoisotopic (exact) mass is 640 g/mol. The van der Waals surface area contributed by atoms with E-state index in [-0.39, 0.29) is 23.8 Å². The van der Waals surface area contributed by atoms with Crippen LogP contribution in [0.25, 0.3) is 32.7 Å². The van der Waals surface area contributed by atoms with Crippen molar-refractivity contribution in [2.24, 2.45) is 0 Å². The second-order valence-corrected chi connectivity index (χ2v) is 14.1. The van der Waals surface area contributed by atoms with Crippen LogP contribution in [0.4, 0.5) is 0 Å². The van der Waals surface area contributed by atoms with Gasteiger partial charge in [-0.1, -0.05) is 29.3 Å². The molecule has 2 saturated heterocycles. The maximum Gasteiger partial charge on any atom is 0.269 e. The van der Waals surface area contributed by atoms with Crippen LogP contribution in [0, 0.1) is 6.92 Å². The average molecular weight is 641 g/mol. The smallest absolute Gasteiger partial charge is 0.269 e. The van der Waals surface area contributed by atoms with Gasteiger partial charge in [-0.25, -0.2) is 22.4 Å². The lowest BCUT2D eigenvalue weighted by Gasteiger charge is -2.34. The fourth-order valence-electron chi connectivity index (χ4n) is 5.32. The maximum atomic E-state index is 14.3. The van der Waals surface area contributed by atoms with E-state index >= 15 is 0 Å². The first-order valence-corrected chi connectivity index (χ1v) is 16.5. The molecule has 0 atom stereocenters. The van der Waals surface area contributed by atoms with Gasteiger partial charge in [0.2, 0.25) is 0 Å². The van der Waals surface area contributed by atoms with Crippen LogP contribution in [0.15, 0.2) is 60.0 Å². The third-order valence-corrected chi connectivity index (χ3v) is 11.0. The Hall–Kier alpha value is -3.17. The normalized spacial score (nSPS) is 17.4. The lowest BCUT2D eigenvalue weighted by molar-refractivity contribution is -0.184. The molecule has 0 radical (unpaired) electrons. The van der Waals surface area contributed by atoms with Crippen LogP contribution in [0.1, 0.15) is 10.6 Å². The molecule has 2 fully saturated rings. The van der Waals surface area contributed by atoms with Gasteiger partial charge in [0.25, 0.3) is 10.0 Å². The number of rotatable bonds is 8. The van der Waals surface area contributed by atoms with Crippen molar-refractivity contribution < 1.29 is 23.0 Å². The Balaban J connectivity index is 1.36. The lowest BCUT2D eigenvalue weighted by atomic mass is 10.0. The van der Waals surface area contributed by atoms with E-state index in [1.54, 1.807) is 42.7 Å². The SMILES string of the molecule is Cc1ccc(S(=O)(=O)n2c(-c3cnn(CCN4CCOCC4)c3)cc3c(-c4cnc(C5(O)COC5)s4)c(Cl)cnc32)cc1. The molecule has 2 aliphatic heterocycles. The molecule has 1 aromatic carbocycles. The summed E-state index contributed by atoms with van der Waals surface area (Å²) in [4.78, 5) is 12.1. The third-order valence-electron chi connectivity index (χ3n) is 7.81. The standard InChI is InChI=1S/C29H29ClN6O5S2/c1-19-2-4-21(5-3-19)43(38,39)36-24(20-13-33-35(16-20)7-6-34-8-10-40-11-9-34)12-22-26(23(30)14-31-27(22)36)25-15-32-28(42-25)29(37)17-41-18-29/h2-5,12-16,37H,6-11,17-18H2,1H3. The molecule has 0 aliphatic carbocycles. The fourth-order valence-corrected chi connectivity index (χ4v) is 8.16. The first-order chi connectivity index (χ1) is 20.7. The maximum absolute atomic E-state index is 14.3. The first kappa shape index (κ1) is 28.6. The summed E-state index contributed by atoms with van der Waals surface area (Å²) in [6, 6.07) is 8.52. The van der Waals surface area contributed by atoms with E-state index in [4.69, 9.17) is 21.1 Å². The topological polar surface area (TPSA) is 125 Å². The quantitative estimate of drug-likeness (QED) is 0.270. The van der Waals surface area contributed by atoms with Crippen LogP contribution in [0.2, 0.25) is 5.02 Å². The fraction of sp³-hybridized carbons (Fsp3) is 0.345. The number of thiazole rings is 1. The summed E-state index contributed by atoms with van der Waals surface area (Å²) < 4.78 is 42.3. The second kappa shape index (κ2) is 11.1. The summed E-state index contributed by atoms with van der Waals surface area (Å²) in [7, 11) is -4.08. The van der Waals surface area contributed by atoms with E-state index in [1.165, 1.54) is 21.5 Å². The zero-order valence-corrected chi connectivity index (χ0v) is 25.7. The summed E-state index contributed by atoms with van der Waals surface area (Å²) in [5, 5.41) is 16.7. The summed E-state index contributed by atoms with van der Waals surface area (Å²) in [5.41, 5.74) is 1.69. The number of morpholine rings is 1. The van der Waals surface area contributed by atoms with Crippen LogP contribution < -0.4 is 0 Å². The van der Waals surface area contributed by atoms with Crippen molar-refractivity contribution in [3.63, 3.8) is 0 Å². The van der Waals surface area contributed by atoms with Crippen LogP contribution in [-0.2, 0) is 31.6 Å². The highest BCUT2D eigenvalue weighted by molar-refractivity contribution is 7.90. The average Bonchev–Trinajstić information content (AvgIpc) is 3.74. The van der Waals surface area contributed by atoms with Crippen LogP contribution in [-0.4, -0.2) is 88.2 Å². The van der Waals surface area contributed by atoms with Gasteiger partial charge in [-0.3, -0.25) is 9.58 Å². The van der Waals surface area contributed by atoms with Gasteiger partial charge in [0.15, 0.2) is 11.2 Å². The van der Waals surface area contributed by atoms with Crippen LogP contribution in [0.5, 0.6) is 0 Å². The number of aromatic nitrogens is 5. The minimum Gasteiger partial charge on any atom is -0.379 e. The zero-order valence-electron chi connectivity index (χ0n) is 23.3. The van der Waals surface area contributed by atoms with Crippen LogP contribution in [0.3, 0.4) is 0 Å². The van der Waals surface area contributed by atoms with Gasteiger partial charge < -0.3 is 14.6 Å². The summed E-state index contributed by atoms with van der Waals surface area (Å²) >= 11 is 8.02. The second-order valence-electron chi connectivity index (χ2n) is 10.8. The van der Waals surface area contributed by atoms with Crippen LogP contribution >= 0.6 is 22.9 Å². The van der Waals surface area contributed by atoms with Crippen molar-refractivity contribution in [3.8, 4) is 21.7 Å². The molecular formula is C29H29ClN6O5S2. The highest BCUT2D eigenvalue weighted by Crippen LogP contribution is 2.43. The number of hydrogen-bond donors (Lipinski definition) is 1. The molecule has 0 unspecified atom stereocenters. The number of benzene rings is 1. The van der Waals surface area contributed by atoms with Crippen molar-refractivity contribution in [1.29, 1.82) is 0 Å². The number of pyridine rings is 1.